The molecule has 1 aliphatic rings. The van der Waals surface area contributed by atoms with Crippen LogP contribution in [-0.2, 0) is 12.8 Å². The molecule has 1 fully saturated rings. The van der Waals surface area contributed by atoms with Gasteiger partial charge >= 0.3 is 0 Å². The van der Waals surface area contributed by atoms with Gasteiger partial charge in [-0.3, -0.25) is 0 Å². The van der Waals surface area contributed by atoms with Gasteiger partial charge in [-0.2, -0.15) is 0 Å². The Kier molecular flexibility index (Phi) is 10.9. The Hall–Kier alpha value is -1.70. The molecule has 0 spiro atoms. The predicted octanol–water partition coefficient (Wildman–Crippen LogP) is 9.43. The minimum absolute atomic E-state index is 0.607. The van der Waals surface area contributed by atoms with E-state index in [0.717, 1.165) is 24.2 Å². The molecule has 1 heterocycles. The van der Waals surface area contributed by atoms with E-state index in [0.29, 0.717) is 5.41 Å². The lowest BCUT2D eigenvalue weighted by molar-refractivity contribution is 0.152. The molecule has 182 valence electrons. The quantitative estimate of drug-likeness (QED) is 0.269. The van der Waals surface area contributed by atoms with Crippen molar-refractivity contribution in [3.8, 4) is 11.1 Å². The van der Waals surface area contributed by atoms with Gasteiger partial charge in [0.05, 0.1) is 0 Å². The summed E-state index contributed by atoms with van der Waals surface area (Å²) in [6.07, 6.45) is 27.3. The first-order valence-electron chi connectivity index (χ1n) is 14.1. The highest BCUT2D eigenvalue weighted by Gasteiger charge is 2.31. The molecule has 1 aliphatic carbocycles. The lowest BCUT2D eigenvalue weighted by Crippen LogP contribution is -2.25. The first-order chi connectivity index (χ1) is 16.2. The van der Waals surface area contributed by atoms with Gasteiger partial charge < -0.3 is 0 Å². The Bertz CT molecular complexity index is 802. The number of nitrogens with zero attached hydrogens (tertiary/aromatic N) is 2. The van der Waals surface area contributed by atoms with Crippen molar-refractivity contribution in [1.82, 2.24) is 9.97 Å². The van der Waals surface area contributed by atoms with Gasteiger partial charge in [-0.25, -0.2) is 9.97 Å². The summed E-state index contributed by atoms with van der Waals surface area (Å²) < 4.78 is 0. The Morgan fingerprint density at radius 3 is 2.09 bits per heavy atom. The van der Waals surface area contributed by atoms with Crippen molar-refractivity contribution >= 4 is 0 Å². The number of aromatic nitrogens is 2. The van der Waals surface area contributed by atoms with Crippen LogP contribution in [0, 0.1) is 12.3 Å². The van der Waals surface area contributed by atoms with E-state index in [1.54, 1.807) is 0 Å². The Morgan fingerprint density at radius 1 is 0.727 bits per heavy atom. The van der Waals surface area contributed by atoms with E-state index in [1.807, 2.05) is 12.4 Å². The molecule has 33 heavy (non-hydrogen) atoms. The van der Waals surface area contributed by atoms with Gasteiger partial charge in [0.25, 0.3) is 0 Å². The van der Waals surface area contributed by atoms with Crippen LogP contribution in [0.4, 0.5) is 0 Å². The molecule has 0 amide bonds. The minimum Gasteiger partial charge on any atom is -0.241 e. The van der Waals surface area contributed by atoms with Crippen LogP contribution in [0.2, 0.25) is 0 Å². The molecule has 0 bridgehead atoms. The molecule has 0 N–H and O–H groups in total. The lowest BCUT2D eigenvalue weighted by atomic mass is 9.67. The van der Waals surface area contributed by atoms with Gasteiger partial charge in [0.1, 0.15) is 5.82 Å². The second-order valence-electron chi connectivity index (χ2n) is 10.7. The van der Waals surface area contributed by atoms with Gasteiger partial charge in [-0.05, 0) is 67.6 Å². The summed E-state index contributed by atoms with van der Waals surface area (Å²) >= 11 is 0. The van der Waals surface area contributed by atoms with Crippen molar-refractivity contribution in [2.45, 2.75) is 130 Å². The Morgan fingerprint density at radius 2 is 1.42 bits per heavy atom. The van der Waals surface area contributed by atoms with Gasteiger partial charge in [-0.15, -0.1) is 0 Å². The molecule has 0 radical (unpaired) electrons. The fourth-order valence-electron chi connectivity index (χ4n) is 5.80. The molecular weight excluding hydrogens is 400 g/mol. The monoisotopic (exact) mass is 448 g/mol. The van der Waals surface area contributed by atoms with Crippen LogP contribution in [0.5, 0.6) is 0 Å². The normalized spacial score (nSPS) is 15.6. The SMILES string of the molecule is CCCCCCCCCC1(CCc2ccc(-c3cnc(CCC)nc3)cc2C)CCCCC1. The highest BCUT2D eigenvalue weighted by molar-refractivity contribution is 5.63. The summed E-state index contributed by atoms with van der Waals surface area (Å²) in [5.74, 6) is 0.952. The van der Waals surface area contributed by atoms with Crippen LogP contribution in [0.3, 0.4) is 0 Å². The molecule has 3 rings (SSSR count). The fraction of sp³-hybridized carbons (Fsp3) is 0.677. The average molecular weight is 449 g/mol. The van der Waals surface area contributed by atoms with Gasteiger partial charge in [-0.1, -0.05) is 96.3 Å². The predicted molar refractivity (Wildman–Crippen MR) is 143 cm³/mol. The zero-order chi connectivity index (χ0) is 23.4. The second kappa shape index (κ2) is 13.9. The van der Waals surface area contributed by atoms with Crippen LogP contribution in [0.15, 0.2) is 30.6 Å². The average Bonchev–Trinajstić information content (AvgIpc) is 2.84. The van der Waals surface area contributed by atoms with Gasteiger partial charge in [0.2, 0.25) is 0 Å². The molecule has 0 aliphatic heterocycles. The molecule has 0 saturated heterocycles. The van der Waals surface area contributed by atoms with Crippen LogP contribution in [-0.4, -0.2) is 9.97 Å². The van der Waals surface area contributed by atoms with E-state index in [1.165, 1.54) is 113 Å². The van der Waals surface area contributed by atoms with Crippen molar-refractivity contribution in [2.24, 2.45) is 5.41 Å². The van der Waals surface area contributed by atoms with Crippen LogP contribution in [0.25, 0.3) is 11.1 Å². The number of rotatable bonds is 14. The molecule has 1 saturated carbocycles. The molecular formula is C31H48N2. The number of hydrogen-bond acceptors (Lipinski definition) is 2. The maximum Gasteiger partial charge on any atom is 0.128 e. The molecule has 2 aromatic rings. The van der Waals surface area contributed by atoms with Gasteiger partial charge in [0, 0.05) is 24.4 Å². The molecule has 2 heteroatoms. The van der Waals surface area contributed by atoms with E-state index >= 15 is 0 Å². The Balaban J connectivity index is 1.55. The third-order valence-electron chi connectivity index (χ3n) is 8.00. The number of hydrogen-bond donors (Lipinski definition) is 0. The van der Waals surface area contributed by atoms with Crippen molar-refractivity contribution in [1.29, 1.82) is 0 Å². The topological polar surface area (TPSA) is 25.8 Å². The molecule has 1 aromatic carbocycles. The largest absolute Gasteiger partial charge is 0.241 e. The summed E-state index contributed by atoms with van der Waals surface area (Å²) in [5, 5.41) is 0. The van der Waals surface area contributed by atoms with E-state index in [2.05, 4.69) is 48.9 Å². The smallest absolute Gasteiger partial charge is 0.128 e. The summed E-state index contributed by atoms with van der Waals surface area (Å²) in [6.45, 7) is 6.77. The first kappa shape index (κ1) is 25.9. The highest BCUT2D eigenvalue weighted by atomic mass is 14.9. The lowest BCUT2D eigenvalue weighted by Gasteiger charge is -2.38. The summed E-state index contributed by atoms with van der Waals surface area (Å²) in [6, 6.07) is 7.00. The van der Waals surface area contributed by atoms with E-state index in [4.69, 9.17) is 0 Å². The van der Waals surface area contributed by atoms with Crippen molar-refractivity contribution in [3.63, 3.8) is 0 Å². The van der Waals surface area contributed by atoms with Crippen LogP contribution in [0.1, 0.15) is 127 Å². The first-order valence-corrected chi connectivity index (χ1v) is 14.1. The fourth-order valence-corrected chi connectivity index (χ4v) is 5.80. The van der Waals surface area contributed by atoms with Crippen molar-refractivity contribution in [2.75, 3.05) is 0 Å². The maximum atomic E-state index is 4.55. The second-order valence-corrected chi connectivity index (χ2v) is 10.7. The summed E-state index contributed by atoms with van der Waals surface area (Å²) in [4.78, 5) is 9.10. The minimum atomic E-state index is 0.607. The molecule has 0 atom stereocenters. The summed E-state index contributed by atoms with van der Waals surface area (Å²) in [7, 11) is 0. The van der Waals surface area contributed by atoms with Crippen LogP contribution < -0.4 is 0 Å². The zero-order valence-electron chi connectivity index (χ0n) is 21.8. The van der Waals surface area contributed by atoms with Crippen LogP contribution >= 0.6 is 0 Å². The van der Waals surface area contributed by atoms with Gasteiger partial charge in [0.15, 0.2) is 0 Å². The maximum absolute atomic E-state index is 4.55. The number of unbranched alkanes of at least 4 members (excludes halogenated alkanes) is 6. The number of aryl methyl sites for hydroxylation is 3. The van der Waals surface area contributed by atoms with Crippen molar-refractivity contribution < 1.29 is 0 Å². The highest BCUT2D eigenvalue weighted by Crippen LogP contribution is 2.44. The number of benzene rings is 1. The Labute approximate surface area is 204 Å². The van der Waals surface area contributed by atoms with E-state index in [9.17, 15) is 0 Å². The molecule has 1 aromatic heterocycles. The summed E-state index contributed by atoms with van der Waals surface area (Å²) in [5.41, 5.74) is 5.94. The standard InChI is InChI=1S/C31H48N2/c1-4-6-7-8-9-10-12-19-31(20-13-11-14-21-31)22-18-27-16-17-28(23-26(27)3)29-24-32-30(15-5-2)33-25-29/h16-17,23-25H,4-15,18-22H2,1-3H3. The molecule has 0 unspecified atom stereocenters. The molecule has 2 nitrogen and oxygen atoms in total. The van der Waals surface area contributed by atoms with E-state index in [-0.39, 0.29) is 0 Å². The van der Waals surface area contributed by atoms with E-state index < -0.39 is 0 Å². The third-order valence-corrected chi connectivity index (χ3v) is 8.00. The van der Waals surface area contributed by atoms with Crippen molar-refractivity contribution in [3.05, 3.63) is 47.5 Å². The third kappa shape index (κ3) is 8.23. The zero-order valence-corrected chi connectivity index (χ0v) is 21.8.